The summed E-state index contributed by atoms with van der Waals surface area (Å²) in [5, 5.41) is 0. The summed E-state index contributed by atoms with van der Waals surface area (Å²) in [6.45, 7) is 8.58. The lowest BCUT2D eigenvalue weighted by Gasteiger charge is -2.08. The molecule has 0 bridgehead atoms. The second-order valence-electron chi connectivity index (χ2n) is 4.90. The number of rotatable bonds is 2. The lowest BCUT2D eigenvalue weighted by Crippen LogP contribution is -1.90. The molecule has 2 rings (SSSR count). The van der Waals surface area contributed by atoms with E-state index in [9.17, 15) is 0 Å². The maximum absolute atomic E-state index is 4.41. The van der Waals surface area contributed by atoms with Crippen LogP contribution in [0.4, 0.5) is 0 Å². The topological polar surface area (TPSA) is 12.9 Å². The number of aryl methyl sites for hydroxylation is 2. The maximum Gasteiger partial charge on any atom is 0.0402 e. The summed E-state index contributed by atoms with van der Waals surface area (Å²) in [5.41, 5.74) is 6.17. The molecule has 1 heteroatoms. The summed E-state index contributed by atoms with van der Waals surface area (Å²) in [7, 11) is 0. The molecule has 1 nitrogen and oxygen atoms in total. The molecule has 0 radical (unpaired) electrons. The molecule has 88 valence electrons. The van der Waals surface area contributed by atoms with E-state index in [1.54, 1.807) is 0 Å². The van der Waals surface area contributed by atoms with E-state index in [1.165, 1.54) is 22.3 Å². The number of hydrogen-bond donors (Lipinski definition) is 0. The van der Waals surface area contributed by atoms with Crippen molar-refractivity contribution in [2.75, 3.05) is 0 Å². The van der Waals surface area contributed by atoms with Crippen LogP contribution in [0.5, 0.6) is 0 Å². The minimum absolute atomic E-state index is 0.585. The fraction of sp³-hybridized carbons (Fsp3) is 0.312. The van der Waals surface area contributed by atoms with Crippen LogP contribution in [0.3, 0.4) is 0 Å². The number of hydrogen-bond acceptors (Lipinski definition) is 1. The third-order valence-electron chi connectivity index (χ3n) is 3.25. The molecule has 0 saturated heterocycles. The molecule has 0 saturated carbocycles. The van der Waals surface area contributed by atoms with Crippen LogP contribution in [-0.2, 0) is 0 Å². The van der Waals surface area contributed by atoms with Gasteiger partial charge in [0.2, 0.25) is 0 Å². The van der Waals surface area contributed by atoms with E-state index in [0.29, 0.717) is 5.92 Å². The van der Waals surface area contributed by atoms with Crippen molar-refractivity contribution < 1.29 is 0 Å². The van der Waals surface area contributed by atoms with Crippen molar-refractivity contribution in [3.63, 3.8) is 0 Å². The first kappa shape index (κ1) is 11.8. The van der Waals surface area contributed by atoms with E-state index >= 15 is 0 Å². The van der Waals surface area contributed by atoms with Crippen LogP contribution in [-0.4, -0.2) is 4.98 Å². The van der Waals surface area contributed by atoms with Crippen molar-refractivity contribution in [1.29, 1.82) is 0 Å². The highest BCUT2D eigenvalue weighted by atomic mass is 14.7. The number of aromatic nitrogens is 1. The van der Waals surface area contributed by atoms with Crippen molar-refractivity contribution >= 4 is 0 Å². The van der Waals surface area contributed by atoms with Crippen LogP contribution in [0.2, 0.25) is 0 Å². The van der Waals surface area contributed by atoms with Crippen LogP contribution in [0.1, 0.15) is 36.6 Å². The van der Waals surface area contributed by atoms with Gasteiger partial charge < -0.3 is 0 Å². The molecule has 0 fully saturated rings. The average molecular weight is 225 g/mol. The molecule has 17 heavy (non-hydrogen) atoms. The van der Waals surface area contributed by atoms with Gasteiger partial charge in [0.15, 0.2) is 0 Å². The minimum Gasteiger partial charge on any atom is -0.261 e. The van der Waals surface area contributed by atoms with E-state index in [-0.39, 0.29) is 0 Å². The molecule has 0 aliphatic heterocycles. The Kier molecular flexibility index (Phi) is 3.28. The lowest BCUT2D eigenvalue weighted by atomic mass is 9.99. The largest absolute Gasteiger partial charge is 0.261 e. The maximum atomic E-state index is 4.41. The highest BCUT2D eigenvalue weighted by molar-refractivity contribution is 5.63. The Labute approximate surface area is 104 Å². The monoisotopic (exact) mass is 225 g/mol. The van der Waals surface area contributed by atoms with Gasteiger partial charge in [-0.3, -0.25) is 4.98 Å². The average Bonchev–Trinajstić information content (AvgIpc) is 2.33. The number of pyridine rings is 1. The van der Waals surface area contributed by atoms with Gasteiger partial charge in [-0.25, -0.2) is 0 Å². The quantitative estimate of drug-likeness (QED) is 0.734. The Balaban J connectivity index is 2.36. The number of benzene rings is 1. The van der Waals surface area contributed by atoms with Crippen molar-refractivity contribution in [1.82, 2.24) is 4.98 Å². The molecule has 0 aliphatic carbocycles. The van der Waals surface area contributed by atoms with Crippen molar-refractivity contribution in [3.05, 3.63) is 53.3 Å². The van der Waals surface area contributed by atoms with Gasteiger partial charge in [-0.05, 0) is 42.5 Å². The molecule has 1 aromatic carbocycles. The van der Waals surface area contributed by atoms with E-state index in [0.717, 1.165) is 5.69 Å². The highest BCUT2D eigenvalue weighted by Crippen LogP contribution is 2.23. The second kappa shape index (κ2) is 4.70. The van der Waals surface area contributed by atoms with Gasteiger partial charge in [0, 0.05) is 17.5 Å². The molecule has 0 atom stereocenters. The molecule has 0 N–H and O–H groups in total. The van der Waals surface area contributed by atoms with Crippen molar-refractivity contribution in [2.45, 2.75) is 33.6 Å². The van der Waals surface area contributed by atoms with E-state index in [4.69, 9.17) is 0 Å². The summed E-state index contributed by atoms with van der Waals surface area (Å²) in [4.78, 5) is 4.41. The van der Waals surface area contributed by atoms with Gasteiger partial charge >= 0.3 is 0 Å². The predicted octanol–water partition coefficient (Wildman–Crippen LogP) is 4.49. The first-order valence-electron chi connectivity index (χ1n) is 6.11. The molecule has 0 spiro atoms. The SMILES string of the molecule is Cc1cc(-c2ccc(C(C)C)cc2)cnc1C. The summed E-state index contributed by atoms with van der Waals surface area (Å²) in [6.07, 6.45) is 1.95. The fourth-order valence-corrected chi connectivity index (χ4v) is 1.86. The van der Waals surface area contributed by atoms with E-state index < -0.39 is 0 Å². The van der Waals surface area contributed by atoms with Gasteiger partial charge in [0.25, 0.3) is 0 Å². The first-order valence-corrected chi connectivity index (χ1v) is 6.11. The van der Waals surface area contributed by atoms with Crippen molar-refractivity contribution in [3.8, 4) is 11.1 Å². The first-order chi connectivity index (χ1) is 8.08. The standard InChI is InChI=1S/C16H19N/c1-11(2)14-5-7-15(8-6-14)16-9-12(3)13(4)17-10-16/h5-11H,1-4H3. The minimum atomic E-state index is 0.585. The van der Waals surface area contributed by atoms with Gasteiger partial charge in [0.1, 0.15) is 0 Å². The Morgan fingerprint density at radius 3 is 2.12 bits per heavy atom. The van der Waals surface area contributed by atoms with Gasteiger partial charge in [-0.2, -0.15) is 0 Å². The Morgan fingerprint density at radius 2 is 1.59 bits per heavy atom. The molecular weight excluding hydrogens is 206 g/mol. The summed E-state index contributed by atoms with van der Waals surface area (Å²) >= 11 is 0. The Morgan fingerprint density at radius 1 is 0.941 bits per heavy atom. The molecule has 0 aliphatic rings. The van der Waals surface area contributed by atoms with E-state index in [1.807, 2.05) is 13.1 Å². The smallest absolute Gasteiger partial charge is 0.0402 e. The molecule has 1 heterocycles. The predicted molar refractivity (Wildman–Crippen MR) is 73.2 cm³/mol. The molecular formula is C16H19N. The third-order valence-corrected chi connectivity index (χ3v) is 3.25. The molecule has 1 aromatic heterocycles. The normalized spacial score (nSPS) is 10.9. The summed E-state index contributed by atoms with van der Waals surface area (Å²) in [6, 6.07) is 11.0. The van der Waals surface area contributed by atoms with Crippen LogP contribution in [0.25, 0.3) is 11.1 Å². The van der Waals surface area contributed by atoms with Gasteiger partial charge in [-0.1, -0.05) is 38.1 Å². The van der Waals surface area contributed by atoms with Gasteiger partial charge in [0.05, 0.1) is 0 Å². The summed E-state index contributed by atoms with van der Waals surface area (Å²) < 4.78 is 0. The molecule has 2 aromatic rings. The third kappa shape index (κ3) is 2.55. The zero-order chi connectivity index (χ0) is 12.4. The number of nitrogens with zero attached hydrogens (tertiary/aromatic N) is 1. The zero-order valence-electron chi connectivity index (χ0n) is 11.0. The highest BCUT2D eigenvalue weighted by Gasteiger charge is 2.02. The van der Waals surface area contributed by atoms with E-state index in [2.05, 4.69) is 56.1 Å². The fourth-order valence-electron chi connectivity index (χ4n) is 1.86. The van der Waals surface area contributed by atoms with Crippen LogP contribution >= 0.6 is 0 Å². The van der Waals surface area contributed by atoms with Gasteiger partial charge in [-0.15, -0.1) is 0 Å². The molecule has 0 unspecified atom stereocenters. The Hall–Kier alpha value is -1.63. The second-order valence-corrected chi connectivity index (χ2v) is 4.90. The van der Waals surface area contributed by atoms with Crippen LogP contribution in [0.15, 0.2) is 36.5 Å². The molecule has 0 amide bonds. The zero-order valence-corrected chi connectivity index (χ0v) is 11.0. The van der Waals surface area contributed by atoms with Crippen molar-refractivity contribution in [2.24, 2.45) is 0 Å². The summed E-state index contributed by atoms with van der Waals surface area (Å²) in [5.74, 6) is 0.585. The Bertz CT molecular complexity index is 510. The van der Waals surface area contributed by atoms with Crippen LogP contribution in [0, 0.1) is 13.8 Å². The van der Waals surface area contributed by atoms with Crippen LogP contribution < -0.4 is 0 Å². The lowest BCUT2D eigenvalue weighted by molar-refractivity contribution is 0.867.